The highest BCUT2D eigenvalue weighted by atomic mass is 16.5. The molecule has 2 heterocycles. The Morgan fingerprint density at radius 1 is 1.24 bits per heavy atom. The molecular formula is C16H28N4O. The minimum absolute atomic E-state index is 0.0639. The van der Waals surface area contributed by atoms with Crippen LogP contribution in [-0.4, -0.2) is 35.8 Å². The van der Waals surface area contributed by atoms with Gasteiger partial charge in [0.05, 0.1) is 6.10 Å². The molecule has 5 nitrogen and oxygen atoms in total. The van der Waals surface area contributed by atoms with E-state index >= 15 is 0 Å². The lowest BCUT2D eigenvalue weighted by Crippen LogP contribution is -2.23. The first-order valence-electron chi connectivity index (χ1n) is 7.89. The van der Waals surface area contributed by atoms with Crippen LogP contribution in [-0.2, 0) is 10.2 Å². The third kappa shape index (κ3) is 4.30. The third-order valence-corrected chi connectivity index (χ3v) is 3.83. The molecule has 0 aliphatic carbocycles. The maximum atomic E-state index is 5.61. The molecule has 5 heteroatoms. The molecule has 2 rings (SSSR count). The molecule has 1 aliphatic rings. The lowest BCUT2D eigenvalue weighted by atomic mass is 9.96. The van der Waals surface area contributed by atoms with Crippen molar-refractivity contribution in [2.45, 2.75) is 52.6 Å². The zero-order chi connectivity index (χ0) is 15.5. The number of aromatic nitrogens is 2. The van der Waals surface area contributed by atoms with E-state index in [0.717, 1.165) is 43.6 Å². The molecule has 1 fully saturated rings. The van der Waals surface area contributed by atoms with Crippen LogP contribution in [0.2, 0.25) is 0 Å². The molecule has 0 spiro atoms. The van der Waals surface area contributed by atoms with Crippen LogP contribution < -0.4 is 10.6 Å². The number of anilines is 2. The van der Waals surface area contributed by atoms with Gasteiger partial charge in [-0.25, -0.2) is 9.97 Å². The van der Waals surface area contributed by atoms with Crippen LogP contribution in [0.1, 0.15) is 46.9 Å². The molecule has 0 aromatic carbocycles. The summed E-state index contributed by atoms with van der Waals surface area (Å²) in [7, 11) is 0. The van der Waals surface area contributed by atoms with Crippen molar-refractivity contribution in [1.29, 1.82) is 0 Å². The van der Waals surface area contributed by atoms with Gasteiger partial charge in [-0.2, -0.15) is 0 Å². The highest BCUT2D eigenvalue weighted by Crippen LogP contribution is 2.24. The van der Waals surface area contributed by atoms with Gasteiger partial charge in [0, 0.05) is 37.1 Å². The summed E-state index contributed by atoms with van der Waals surface area (Å²) >= 11 is 0. The molecule has 0 amide bonds. The van der Waals surface area contributed by atoms with Gasteiger partial charge >= 0.3 is 0 Å². The summed E-state index contributed by atoms with van der Waals surface area (Å²) in [4.78, 5) is 9.27. The molecular weight excluding hydrogens is 264 g/mol. The molecule has 1 saturated heterocycles. The molecule has 0 radical (unpaired) electrons. The van der Waals surface area contributed by atoms with Gasteiger partial charge in [0.1, 0.15) is 17.5 Å². The first-order chi connectivity index (χ1) is 9.90. The summed E-state index contributed by atoms with van der Waals surface area (Å²) in [5, 5.41) is 6.74. The number of rotatable bonds is 5. The molecule has 2 unspecified atom stereocenters. The first kappa shape index (κ1) is 16.0. The Balaban J connectivity index is 2.11. The zero-order valence-electron chi connectivity index (χ0n) is 13.9. The van der Waals surface area contributed by atoms with E-state index in [1.807, 2.05) is 6.07 Å². The van der Waals surface area contributed by atoms with Gasteiger partial charge in [0.25, 0.3) is 0 Å². The number of hydrogen-bond acceptors (Lipinski definition) is 5. The lowest BCUT2D eigenvalue weighted by Gasteiger charge is -2.20. The van der Waals surface area contributed by atoms with E-state index in [0.29, 0.717) is 12.0 Å². The summed E-state index contributed by atoms with van der Waals surface area (Å²) in [6.07, 6.45) is 1.44. The second-order valence-corrected chi connectivity index (χ2v) is 6.75. The summed E-state index contributed by atoms with van der Waals surface area (Å²) in [5.74, 6) is 3.19. The smallest absolute Gasteiger partial charge is 0.138 e. The summed E-state index contributed by atoms with van der Waals surface area (Å²) in [6.45, 7) is 13.2. The van der Waals surface area contributed by atoms with Crippen molar-refractivity contribution in [3.63, 3.8) is 0 Å². The van der Waals surface area contributed by atoms with Crippen molar-refractivity contribution >= 4 is 11.6 Å². The Hall–Kier alpha value is -1.36. The standard InChI is InChI=1S/C16H28N4O/c1-6-17-13-9-14(20-15(19-13)16(3,4)5)18-10-12-7-8-21-11(12)2/h9,11-12H,6-8,10H2,1-5H3,(H2,17,18,19,20). The molecule has 118 valence electrons. The highest BCUT2D eigenvalue weighted by molar-refractivity contribution is 5.48. The minimum Gasteiger partial charge on any atom is -0.378 e. The van der Waals surface area contributed by atoms with Gasteiger partial charge in [-0.05, 0) is 20.3 Å². The van der Waals surface area contributed by atoms with E-state index in [2.05, 4.69) is 55.2 Å². The topological polar surface area (TPSA) is 59.1 Å². The van der Waals surface area contributed by atoms with Gasteiger partial charge < -0.3 is 15.4 Å². The third-order valence-electron chi connectivity index (χ3n) is 3.83. The molecule has 0 saturated carbocycles. The summed E-state index contributed by atoms with van der Waals surface area (Å²) in [5.41, 5.74) is -0.0639. The normalized spacial score (nSPS) is 22.3. The second-order valence-electron chi connectivity index (χ2n) is 6.75. The van der Waals surface area contributed by atoms with Crippen molar-refractivity contribution < 1.29 is 4.74 Å². The Kier molecular flexibility index (Phi) is 5.04. The predicted octanol–water partition coefficient (Wildman–Crippen LogP) is 3.04. The van der Waals surface area contributed by atoms with E-state index < -0.39 is 0 Å². The molecule has 21 heavy (non-hydrogen) atoms. The Labute approximate surface area is 127 Å². The lowest BCUT2D eigenvalue weighted by molar-refractivity contribution is 0.108. The largest absolute Gasteiger partial charge is 0.378 e. The van der Waals surface area contributed by atoms with Gasteiger partial charge in [0.15, 0.2) is 0 Å². The fraction of sp³-hybridized carbons (Fsp3) is 0.750. The van der Waals surface area contributed by atoms with Crippen molar-refractivity contribution in [3.8, 4) is 0 Å². The minimum atomic E-state index is -0.0639. The Bertz CT molecular complexity index is 470. The van der Waals surface area contributed by atoms with Crippen LogP contribution in [0.15, 0.2) is 6.07 Å². The van der Waals surface area contributed by atoms with Crippen molar-refractivity contribution in [3.05, 3.63) is 11.9 Å². The van der Waals surface area contributed by atoms with E-state index in [4.69, 9.17) is 4.74 Å². The Morgan fingerprint density at radius 3 is 2.43 bits per heavy atom. The maximum Gasteiger partial charge on any atom is 0.138 e. The SMILES string of the molecule is CCNc1cc(NCC2CCOC2C)nc(C(C)(C)C)n1. The average molecular weight is 292 g/mol. The van der Waals surface area contributed by atoms with Crippen molar-refractivity contribution in [2.75, 3.05) is 30.3 Å². The fourth-order valence-electron chi connectivity index (χ4n) is 2.42. The van der Waals surface area contributed by atoms with Gasteiger partial charge in [-0.3, -0.25) is 0 Å². The maximum absolute atomic E-state index is 5.61. The molecule has 2 N–H and O–H groups in total. The van der Waals surface area contributed by atoms with Crippen molar-refractivity contribution in [2.24, 2.45) is 5.92 Å². The highest BCUT2D eigenvalue weighted by Gasteiger charge is 2.24. The number of nitrogens with one attached hydrogen (secondary N) is 2. The molecule has 1 aliphatic heterocycles. The van der Waals surface area contributed by atoms with Crippen molar-refractivity contribution in [1.82, 2.24) is 9.97 Å². The van der Waals surface area contributed by atoms with Crippen LogP contribution in [0.3, 0.4) is 0 Å². The van der Waals surface area contributed by atoms with Crippen LogP contribution in [0, 0.1) is 5.92 Å². The first-order valence-corrected chi connectivity index (χ1v) is 7.89. The van der Waals surface area contributed by atoms with Crippen LogP contribution >= 0.6 is 0 Å². The number of ether oxygens (including phenoxy) is 1. The van der Waals surface area contributed by atoms with E-state index in [9.17, 15) is 0 Å². The van der Waals surface area contributed by atoms with Crippen LogP contribution in [0.4, 0.5) is 11.6 Å². The van der Waals surface area contributed by atoms with Crippen LogP contribution in [0.25, 0.3) is 0 Å². The average Bonchev–Trinajstić information content (AvgIpc) is 2.81. The van der Waals surface area contributed by atoms with E-state index in [-0.39, 0.29) is 5.41 Å². The second kappa shape index (κ2) is 6.60. The number of hydrogen-bond donors (Lipinski definition) is 2. The molecule has 1 aromatic rings. The van der Waals surface area contributed by atoms with Crippen LogP contribution in [0.5, 0.6) is 0 Å². The quantitative estimate of drug-likeness (QED) is 0.873. The summed E-state index contributed by atoms with van der Waals surface area (Å²) in [6, 6.07) is 1.99. The Morgan fingerprint density at radius 2 is 1.90 bits per heavy atom. The zero-order valence-corrected chi connectivity index (χ0v) is 13.9. The monoisotopic (exact) mass is 292 g/mol. The van der Waals surface area contributed by atoms with Gasteiger partial charge in [-0.1, -0.05) is 20.8 Å². The molecule has 2 atom stereocenters. The molecule has 0 bridgehead atoms. The van der Waals surface area contributed by atoms with Gasteiger partial charge in [0.2, 0.25) is 0 Å². The summed E-state index contributed by atoms with van der Waals surface area (Å²) < 4.78 is 5.61. The predicted molar refractivity (Wildman–Crippen MR) is 86.9 cm³/mol. The fourth-order valence-corrected chi connectivity index (χ4v) is 2.42. The van der Waals surface area contributed by atoms with Gasteiger partial charge in [-0.15, -0.1) is 0 Å². The van der Waals surface area contributed by atoms with E-state index in [1.165, 1.54) is 0 Å². The van der Waals surface area contributed by atoms with E-state index in [1.54, 1.807) is 0 Å². The molecule has 1 aromatic heterocycles. The number of nitrogens with zero attached hydrogens (tertiary/aromatic N) is 2.